The molecule has 0 atom stereocenters. The van der Waals surface area contributed by atoms with Gasteiger partial charge in [-0.2, -0.15) is 0 Å². The van der Waals surface area contributed by atoms with E-state index in [0.29, 0.717) is 23.1 Å². The number of fused-ring (bicyclic) bond motifs is 1. The fourth-order valence-electron chi connectivity index (χ4n) is 4.04. The van der Waals surface area contributed by atoms with Crippen molar-refractivity contribution in [1.29, 1.82) is 0 Å². The Hall–Kier alpha value is -3.93. The van der Waals surface area contributed by atoms with Gasteiger partial charge >= 0.3 is 0 Å². The molecule has 36 heavy (non-hydrogen) atoms. The van der Waals surface area contributed by atoms with Crippen LogP contribution in [-0.2, 0) is 12.8 Å². The van der Waals surface area contributed by atoms with Crippen molar-refractivity contribution < 1.29 is 24.8 Å². The summed E-state index contributed by atoms with van der Waals surface area (Å²) in [6.07, 6.45) is 9.78. The molecule has 2 aromatic carbocycles. The first-order valence-electron chi connectivity index (χ1n) is 12.0. The maximum absolute atomic E-state index is 13.4. The second-order valence-electron chi connectivity index (χ2n) is 9.64. The average molecular weight is 491 g/mol. The molecule has 6 heteroatoms. The molecule has 0 aliphatic heterocycles. The van der Waals surface area contributed by atoms with Gasteiger partial charge in [0.05, 0.1) is 5.56 Å². The fourth-order valence-corrected chi connectivity index (χ4v) is 4.04. The van der Waals surface area contributed by atoms with E-state index in [-0.39, 0.29) is 40.2 Å². The predicted octanol–water partition coefficient (Wildman–Crippen LogP) is 7.03. The van der Waals surface area contributed by atoms with E-state index >= 15 is 0 Å². The van der Waals surface area contributed by atoms with Crippen molar-refractivity contribution in [2.75, 3.05) is 0 Å². The number of aromatic hydroxyl groups is 4. The van der Waals surface area contributed by atoms with E-state index in [1.807, 2.05) is 32.9 Å². The first-order chi connectivity index (χ1) is 17.0. The van der Waals surface area contributed by atoms with E-state index in [4.69, 9.17) is 4.42 Å². The Kier molecular flexibility index (Phi) is 8.30. The lowest BCUT2D eigenvalue weighted by atomic mass is 9.92. The summed E-state index contributed by atoms with van der Waals surface area (Å²) in [6, 6.07) is 4.03. The molecule has 6 nitrogen and oxygen atoms in total. The van der Waals surface area contributed by atoms with Crippen LogP contribution in [0, 0.1) is 0 Å². The first-order valence-corrected chi connectivity index (χ1v) is 12.0. The van der Waals surface area contributed by atoms with E-state index in [0.717, 1.165) is 30.1 Å². The highest BCUT2D eigenvalue weighted by Gasteiger charge is 2.21. The quantitative estimate of drug-likeness (QED) is 0.199. The number of benzene rings is 2. The van der Waals surface area contributed by atoms with Gasteiger partial charge in [0.2, 0.25) is 5.43 Å². The van der Waals surface area contributed by atoms with Crippen molar-refractivity contribution in [3.05, 3.63) is 80.8 Å². The van der Waals surface area contributed by atoms with Crippen molar-refractivity contribution in [1.82, 2.24) is 0 Å². The third-order valence-electron chi connectivity index (χ3n) is 6.07. The van der Waals surface area contributed by atoms with Crippen molar-refractivity contribution >= 4 is 11.0 Å². The Balaban J connectivity index is 2.17. The highest BCUT2D eigenvalue weighted by Crippen LogP contribution is 2.41. The largest absolute Gasteiger partial charge is 0.508 e. The first kappa shape index (κ1) is 26.7. The molecule has 0 fully saturated rings. The van der Waals surface area contributed by atoms with E-state index in [1.165, 1.54) is 17.9 Å². The van der Waals surface area contributed by atoms with Crippen LogP contribution in [0.5, 0.6) is 23.0 Å². The lowest BCUT2D eigenvalue weighted by molar-refractivity contribution is 0.397. The minimum Gasteiger partial charge on any atom is -0.508 e. The molecule has 190 valence electrons. The number of allylic oxidation sites excluding steroid dienone is 6. The molecule has 0 radical (unpaired) electrons. The summed E-state index contributed by atoms with van der Waals surface area (Å²) in [4.78, 5) is 13.4. The maximum atomic E-state index is 13.4. The van der Waals surface area contributed by atoms with Crippen LogP contribution in [0.4, 0.5) is 0 Å². The summed E-state index contributed by atoms with van der Waals surface area (Å²) in [5, 5.41) is 41.8. The third-order valence-corrected chi connectivity index (χ3v) is 6.07. The monoisotopic (exact) mass is 490 g/mol. The highest BCUT2D eigenvalue weighted by atomic mass is 16.3. The van der Waals surface area contributed by atoms with Crippen molar-refractivity contribution in [3.8, 4) is 34.1 Å². The van der Waals surface area contributed by atoms with Gasteiger partial charge in [-0.25, -0.2) is 0 Å². The molecule has 0 saturated carbocycles. The zero-order chi connectivity index (χ0) is 26.6. The minimum atomic E-state index is -0.503. The Morgan fingerprint density at radius 2 is 1.53 bits per heavy atom. The molecular weight excluding hydrogens is 456 g/mol. The second-order valence-corrected chi connectivity index (χ2v) is 9.64. The summed E-state index contributed by atoms with van der Waals surface area (Å²) in [5.41, 5.74) is 4.37. The highest BCUT2D eigenvalue weighted by molar-refractivity contribution is 5.89. The van der Waals surface area contributed by atoms with Crippen LogP contribution < -0.4 is 5.43 Å². The lowest BCUT2D eigenvalue weighted by Crippen LogP contribution is -2.07. The smallest absolute Gasteiger partial charge is 0.204 e. The van der Waals surface area contributed by atoms with Gasteiger partial charge in [-0.05, 0) is 71.9 Å². The Labute approximate surface area is 211 Å². The van der Waals surface area contributed by atoms with Gasteiger partial charge in [-0.1, -0.05) is 34.9 Å². The van der Waals surface area contributed by atoms with Gasteiger partial charge in [-0.3, -0.25) is 4.79 Å². The van der Waals surface area contributed by atoms with Gasteiger partial charge in [0.1, 0.15) is 28.7 Å². The van der Waals surface area contributed by atoms with Crippen LogP contribution in [0.2, 0.25) is 0 Å². The van der Waals surface area contributed by atoms with Crippen molar-refractivity contribution in [2.45, 2.75) is 60.3 Å². The second kappa shape index (κ2) is 11.2. The van der Waals surface area contributed by atoms with E-state index in [2.05, 4.69) is 19.9 Å². The molecule has 0 amide bonds. The minimum absolute atomic E-state index is 0.0465. The van der Waals surface area contributed by atoms with Crippen LogP contribution in [0.15, 0.2) is 68.6 Å². The molecule has 0 saturated heterocycles. The number of hydrogen-bond donors (Lipinski definition) is 4. The lowest BCUT2D eigenvalue weighted by Gasteiger charge is -2.15. The third kappa shape index (κ3) is 6.00. The van der Waals surface area contributed by atoms with Gasteiger partial charge in [0.15, 0.2) is 11.5 Å². The number of phenolic OH excluding ortho intramolecular Hbond substituents is 4. The Bertz CT molecular complexity index is 1430. The summed E-state index contributed by atoms with van der Waals surface area (Å²) in [7, 11) is 0. The Morgan fingerprint density at radius 1 is 0.833 bits per heavy atom. The fraction of sp³-hybridized carbons (Fsp3) is 0.300. The van der Waals surface area contributed by atoms with Crippen LogP contribution >= 0.6 is 0 Å². The topological polar surface area (TPSA) is 111 Å². The molecular formula is C30H34O6. The van der Waals surface area contributed by atoms with Gasteiger partial charge in [0.25, 0.3) is 0 Å². The van der Waals surface area contributed by atoms with Crippen LogP contribution in [-0.4, -0.2) is 20.4 Å². The molecule has 0 aliphatic carbocycles. The van der Waals surface area contributed by atoms with Gasteiger partial charge in [-0.15, -0.1) is 0 Å². The summed E-state index contributed by atoms with van der Waals surface area (Å²) in [6.45, 7) is 9.98. The number of hydrogen-bond acceptors (Lipinski definition) is 6. The molecule has 0 spiro atoms. The Morgan fingerprint density at radius 3 is 2.19 bits per heavy atom. The van der Waals surface area contributed by atoms with E-state index < -0.39 is 11.2 Å². The SMILES string of the molecule is CC(C)=CCCC(C)=CCc1cc(-c2coc3cc(O)cc(O)c3c2=O)c(CC=C(C)C)c(O)c1O. The molecule has 0 bridgehead atoms. The molecule has 0 aliphatic rings. The average Bonchev–Trinajstić information content (AvgIpc) is 2.78. The van der Waals surface area contributed by atoms with Crippen LogP contribution in [0.3, 0.4) is 0 Å². The zero-order valence-electron chi connectivity index (χ0n) is 21.5. The summed E-state index contributed by atoms with van der Waals surface area (Å²) < 4.78 is 5.60. The molecule has 3 rings (SSSR count). The standard InChI is InChI=1S/C30H34O6/c1-17(2)7-6-8-19(5)10-11-20-13-23(22(12-9-18(3)4)30(35)28(20)33)24-16-36-26-15-21(31)14-25(32)27(26)29(24)34/h7,9-10,13-16,31-33,35H,6,8,11-12H2,1-5H3. The number of rotatable bonds is 8. The summed E-state index contributed by atoms with van der Waals surface area (Å²) >= 11 is 0. The van der Waals surface area contributed by atoms with Crippen molar-refractivity contribution in [3.63, 3.8) is 0 Å². The molecule has 0 unspecified atom stereocenters. The van der Waals surface area contributed by atoms with E-state index in [1.54, 1.807) is 6.07 Å². The normalized spacial score (nSPS) is 11.5. The van der Waals surface area contributed by atoms with E-state index in [9.17, 15) is 25.2 Å². The molecule has 1 aromatic heterocycles. The van der Waals surface area contributed by atoms with Gasteiger partial charge in [0, 0.05) is 23.3 Å². The zero-order valence-corrected chi connectivity index (χ0v) is 21.5. The predicted molar refractivity (Wildman–Crippen MR) is 144 cm³/mol. The summed E-state index contributed by atoms with van der Waals surface area (Å²) in [5.74, 6) is -1.13. The van der Waals surface area contributed by atoms with Gasteiger partial charge < -0.3 is 24.8 Å². The van der Waals surface area contributed by atoms with Crippen LogP contribution in [0.25, 0.3) is 22.1 Å². The maximum Gasteiger partial charge on any atom is 0.204 e. The molecule has 1 heterocycles. The number of phenols is 4. The molecule has 3 aromatic rings. The van der Waals surface area contributed by atoms with Crippen molar-refractivity contribution in [2.24, 2.45) is 0 Å². The van der Waals surface area contributed by atoms with Crippen LogP contribution in [0.1, 0.15) is 58.6 Å². The molecule has 4 N–H and O–H groups in total.